The third kappa shape index (κ3) is 2.85. The molecule has 86 valence electrons. The monoisotopic (exact) mass is 284 g/mol. The van der Waals surface area contributed by atoms with Gasteiger partial charge in [0.15, 0.2) is 0 Å². The first kappa shape index (κ1) is 12.1. The fourth-order valence-corrected chi connectivity index (χ4v) is 2.11. The minimum absolute atomic E-state index is 0.0670. The van der Waals surface area contributed by atoms with Gasteiger partial charge in [-0.3, -0.25) is 0 Å². The van der Waals surface area contributed by atoms with E-state index in [9.17, 15) is 5.02 Å². The van der Waals surface area contributed by atoms with Crippen LogP contribution in [0.5, 0.6) is 0 Å². The van der Waals surface area contributed by atoms with E-state index in [1.165, 1.54) is 0 Å². The molecule has 3 nitrogen and oxygen atoms in total. The van der Waals surface area contributed by atoms with Gasteiger partial charge in [-0.2, -0.15) is 0 Å². The lowest BCUT2D eigenvalue weighted by atomic mass is 9.97. The van der Waals surface area contributed by atoms with E-state index < -0.39 is 7.32 Å². The van der Waals surface area contributed by atoms with E-state index in [-0.39, 0.29) is 12.2 Å². The average Bonchev–Trinajstić information content (AvgIpc) is 2.29. The molecule has 1 aliphatic heterocycles. The Balaban J connectivity index is 2.11. The molecular formula is C11H14BBrO3. The summed E-state index contributed by atoms with van der Waals surface area (Å²) >= 11 is 3.39. The number of hydrogen-bond acceptors (Lipinski definition) is 3. The smallest absolute Gasteiger partial charge is 0.402 e. The van der Waals surface area contributed by atoms with Gasteiger partial charge in [-0.1, -0.05) is 35.0 Å². The van der Waals surface area contributed by atoms with Crippen molar-refractivity contribution < 1.29 is 14.3 Å². The summed E-state index contributed by atoms with van der Waals surface area (Å²) in [5, 5.41) is 9.44. The molecule has 1 N–H and O–H groups in total. The molecule has 0 radical (unpaired) electrons. The van der Waals surface area contributed by atoms with Gasteiger partial charge in [0.1, 0.15) is 0 Å². The van der Waals surface area contributed by atoms with Crippen LogP contribution < -0.4 is 0 Å². The molecule has 1 heterocycles. The maximum Gasteiger partial charge on any atom is 0.637 e. The second-order valence-corrected chi connectivity index (χ2v) is 4.80. The van der Waals surface area contributed by atoms with Crippen molar-refractivity contribution in [1.82, 2.24) is 0 Å². The van der Waals surface area contributed by atoms with Crippen molar-refractivity contribution in [3.63, 3.8) is 0 Å². The molecule has 2 atom stereocenters. The van der Waals surface area contributed by atoms with E-state index >= 15 is 0 Å². The van der Waals surface area contributed by atoms with Crippen LogP contribution in [-0.2, 0) is 9.31 Å². The van der Waals surface area contributed by atoms with Crippen LogP contribution >= 0.6 is 15.9 Å². The van der Waals surface area contributed by atoms with Crippen LogP contribution in [0.2, 0.25) is 0 Å². The first-order valence-corrected chi connectivity index (χ1v) is 6.22. The van der Waals surface area contributed by atoms with Gasteiger partial charge in [-0.05, 0) is 24.1 Å². The van der Waals surface area contributed by atoms with Crippen molar-refractivity contribution >= 4 is 23.3 Å². The highest BCUT2D eigenvalue weighted by atomic mass is 79.9. The predicted molar refractivity (Wildman–Crippen MR) is 65.7 cm³/mol. The van der Waals surface area contributed by atoms with E-state index in [0.717, 1.165) is 22.9 Å². The first-order valence-electron chi connectivity index (χ1n) is 5.43. The fraction of sp³-hybridized carbons (Fsp3) is 0.455. The fourth-order valence-electron chi connectivity index (χ4n) is 1.84. The second-order valence-electron chi connectivity index (χ2n) is 3.89. The standard InChI is InChI=1S/C11H14BBrO3/c1-2-10-7-11(16-12(14)15-10)8-3-5-9(13)6-4-8/h3-6,10-11,14H,2,7H2,1H3/t10-,11-/m1/s1. The summed E-state index contributed by atoms with van der Waals surface area (Å²) < 4.78 is 11.6. The second kappa shape index (κ2) is 5.32. The lowest BCUT2D eigenvalue weighted by molar-refractivity contribution is -0.0201. The summed E-state index contributed by atoms with van der Waals surface area (Å²) in [4.78, 5) is 0. The van der Waals surface area contributed by atoms with Gasteiger partial charge in [0.2, 0.25) is 0 Å². The zero-order valence-corrected chi connectivity index (χ0v) is 10.7. The van der Waals surface area contributed by atoms with E-state index in [4.69, 9.17) is 9.31 Å². The third-order valence-corrected chi connectivity index (χ3v) is 3.29. The van der Waals surface area contributed by atoms with Crippen molar-refractivity contribution in [2.75, 3.05) is 0 Å². The van der Waals surface area contributed by atoms with Gasteiger partial charge in [-0.25, -0.2) is 0 Å². The molecule has 0 amide bonds. The molecule has 5 heteroatoms. The number of rotatable bonds is 2. The normalized spacial score (nSPS) is 25.8. The van der Waals surface area contributed by atoms with Crippen molar-refractivity contribution in [2.24, 2.45) is 0 Å². The summed E-state index contributed by atoms with van der Waals surface area (Å²) in [6, 6.07) is 7.95. The number of benzene rings is 1. The quantitative estimate of drug-likeness (QED) is 0.849. The maximum atomic E-state index is 9.44. The van der Waals surface area contributed by atoms with E-state index in [2.05, 4.69) is 15.9 Å². The highest BCUT2D eigenvalue weighted by molar-refractivity contribution is 9.10. The SMILES string of the molecule is CC[C@@H]1C[C@H](c2ccc(Br)cc2)OB(O)O1. The molecule has 1 aromatic rings. The zero-order valence-electron chi connectivity index (χ0n) is 9.10. The van der Waals surface area contributed by atoms with Gasteiger partial charge in [-0.15, -0.1) is 0 Å². The molecule has 0 saturated carbocycles. The molecule has 0 unspecified atom stereocenters. The summed E-state index contributed by atoms with van der Waals surface area (Å²) in [5.41, 5.74) is 1.07. The highest BCUT2D eigenvalue weighted by Gasteiger charge is 2.33. The Hall–Kier alpha value is -0.355. The summed E-state index contributed by atoms with van der Waals surface area (Å²) in [6.45, 7) is 2.04. The Kier molecular flexibility index (Phi) is 4.02. The lowest BCUT2D eigenvalue weighted by Crippen LogP contribution is -2.37. The van der Waals surface area contributed by atoms with Crippen molar-refractivity contribution in [1.29, 1.82) is 0 Å². The van der Waals surface area contributed by atoms with Crippen molar-refractivity contribution in [3.8, 4) is 0 Å². The minimum Gasteiger partial charge on any atom is -0.402 e. The van der Waals surface area contributed by atoms with Gasteiger partial charge >= 0.3 is 7.32 Å². The van der Waals surface area contributed by atoms with Gasteiger partial charge in [0, 0.05) is 17.0 Å². The average molecular weight is 285 g/mol. The van der Waals surface area contributed by atoms with Crippen LogP contribution in [0.1, 0.15) is 31.4 Å². The Morgan fingerprint density at radius 1 is 1.38 bits per heavy atom. The molecule has 16 heavy (non-hydrogen) atoms. The van der Waals surface area contributed by atoms with E-state index in [1.54, 1.807) is 0 Å². The molecule has 0 aliphatic carbocycles. The Bertz CT molecular complexity index is 344. The number of halogens is 1. The van der Waals surface area contributed by atoms with Crippen molar-refractivity contribution in [2.45, 2.75) is 32.0 Å². The van der Waals surface area contributed by atoms with E-state index in [0.29, 0.717) is 0 Å². The molecule has 1 fully saturated rings. The third-order valence-electron chi connectivity index (χ3n) is 2.76. The zero-order chi connectivity index (χ0) is 11.5. The van der Waals surface area contributed by atoms with Gasteiger partial charge < -0.3 is 14.3 Å². The van der Waals surface area contributed by atoms with Crippen molar-refractivity contribution in [3.05, 3.63) is 34.3 Å². The largest absolute Gasteiger partial charge is 0.637 e. The summed E-state index contributed by atoms with van der Waals surface area (Å²) in [7, 11) is -1.10. The first-order chi connectivity index (χ1) is 7.69. The highest BCUT2D eigenvalue weighted by Crippen LogP contribution is 2.30. The van der Waals surface area contributed by atoms with Gasteiger partial charge in [0.25, 0.3) is 0 Å². The number of hydrogen-bond donors (Lipinski definition) is 1. The topological polar surface area (TPSA) is 38.7 Å². The minimum atomic E-state index is -1.10. The lowest BCUT2D eigenvalue weighted by Gasteiger charge is -2.31. The molecular weight excluding hydrogens is 271 g/mol. The molecule has 1 aromatic carbocycles. The Morgan fingerprint density at radius 2 is 2.06 bits per heavy atom. The van der Waals surface area contributed by atoms with Crippen LogP contribution in [0.4, 0.5) is 0 Å². The molecule has 0 bridgehead atoms. The Morgan fingerprint density at radius 3 is 2.69 bits per heavy atom. The van der Waals surface area contributed by atoms with Crippen LogP contribution in [0, 0.1) is 0 Å². The van der Waals surface area contributed by atoms with Crippen LogP contribution in [0.15, 0.2) is 28.7 Å². The van der Waals surface area contributed by atoms with Gasteiger partial charge in [0.05, 0.1) is 6.10 Å². The molecule has 0 spiro atoms. The van der Waals surface area contributed by atoms with E-state index in [1.807, 2.05) is 31.2 Å². The molecule has 1 aliphatic rings. The van der Waals surface area contributed by atoms with Crippen LogP contribution in [-0.4, -0.2) is 18.4 Å². The van der Waals surface area contributed by atoms with Crippen LogP contribution in [0.25, 0.3) is 0 Å². The molecule has 1 saturated heterocycles. The maximum absolute atomic E-state index is 9.44. The summed E-state index contributed by atoms with van der Waals surface area (Å²) in [5.74, 6) is 0. The van der Waals surface area contributed by atoms with Crippen LogP contribution in [0.3, 0.4) is 0 Å². The predicted octanol–water partition coefficient (Wildman–Crippen LogP) is 2.68. The molecule has 2 rings (SSSR count). The Labute approximate surface area is 104 Å². The summed E-state index contributed by atoms with van der Waals surface area (Å²) in [6.07, 6.45) is 1.65. The molecule has 0 aromatic heterocycles.